The van der Waals surface area contributed by atoms with E-state index in [0.29, 0.717) is 15.6 Å². The Labute approximate surface area is 134 Å². The number of quaternary nitrogens is 1. The number of likely N-dealkylation sites (N-methyl/N-ethyl adjacent to an activating group) is 2. The molecule has 3 amide bonds. The van der Waals surface area contributed by atoms with Gasteiger partial charge in [-0.1, -0.05) is 11.6 Å². The average molecular weight is 328 g/mol. The summed E-state index contributed by atoms with van der Waals surface area (Å²) in [6.07, 6.45) is 0. The van der Waals surface area contributed by atoms with Crippen molar-refractivity contribution >= 4 is 35.0 Å². The van der Waals surface area contributed by atoms with Gasteiger partial charge < -0.3 is 20.9 Å². The lowest BCUT2D eigenvalue weighted by Crippen LogP contribution is -3.11. The van der Waals surface area contributed by atoms with E-state index < -0.39 is 0 Å². The van der Waals surface area contributed by atoms with E-state index in [1.54, 1.807) is 31.3 Å². The summed E-state index contributed by atoms with van der Waals surface area (Å²) < 4.78 is 0. The summed E-state index contributed by atoms with van der Waals surface area (Å²) in [4.78, 5) is 35.1. The second-order valence-electron chi connectivity index (χ2n) is 4.82. The van der Waals surface area contributed by atoms with Crippen LogP contribution in [0.2, 0.25) is 5.02 Å². The maximum atomic E-state index is 11.8. The molecular weight excluding hydrogens is 308 g/mol. The molecule has 1 unspecified atom stereocenters. The Kier molecular flexibility index (Phi) is 7.34. The third-order valence-electron chi connectivity index (χ3n) is 2.78. The minimum atomic E-state index is -0.291. The van der Waals surface area contributed by atoms with Crippen molar-refractivity contribution in [1.29, 1.82) is 0 Å². The van der Waals surface area contributed by atoms with Crippen LogP contribution in [0, 0.1) is 0 Å². The van der Waals surface area contributed by atoms with E-state index in [2.05, 4.69) is 16.0 Å². The highest BCUT2D eigenvalue weighted by Crippen LogP contribution is 2.12. The maximum absolute atomic E-state index is 11.8. The van der Waals surface area contributed by atoms with Gasteiger partial charge in [-0.3, -0.25) is 14.4 Å². The zero-order chi connectivity index (χ0) is 16.5. The first-order chi connectivity index (χ1) is 10.4. The van der Waals surface area contributed by atoms with Crippen molar-refractivity contribution in [2.24, 2.45) is 0 Å². The Morgan fingerprint density at radius 2 is 1.64 bits per heavy atom. The largest absolute Gasteiger partial charge is 0.358 e. The number of hydrogen-bond acceptors (Lipinski definition) is 3. The van der Waals surface area contributed by atoms with Gasteiger partial charge in [0.2, 0.25) is 5.91 Å². The van der Waals surface area contributed by atoms with Crippen molar-refractivity contribution in [1.82, 2.24) is 10.6 Å². The lowest BCUT2D eigenvalue weighted by Gasteiger charge is -2.13. The van der Waals surface area contributed by atoms with E-state index >= 15 is 0 Å². The van der Waals surface area contributed by atoms with E-state index in [1.807, 2.05) is 0 Å². The van der Waals surface area contributed by atoms with Gasteiger partial charge in [-0.15, -0.1) is 0 Å². The number of carbonyl (C=O) groups is 3. The van der Waals surface area contributed by atoms with Crippen LogP contribution in [0.5, 0.6) is 0 Å². The summed E-state index contributed by atoms with van der Waals surface area (Å²) in [6, 6.07) is 6.76. The molecule has 120 valence electrons. The van der Waals surface area contributed by atoms with E-state index in [0.717, 1.165) is 0 Å². The number of benzene rings is 1. The Hall–Kier alpha value is -2.12. The minimum absolute atomic E-state index is 0.0699. The molecule has 0 heterocycles. The quantitative estimate of drug-likeness (QED) is 0.499. The van der Waals surface area contributed by atoms with Crippen LogP contribution in [-0.2, 0) is 14.4 Å². The van der Waals surface area contributed by atoms with Crippen LogP contribution < -0.4 is 20.9 Å². The number of amides is 3. The Balaban J connectivity index is 2.33. The third-order valence-corrected chi connectivity index (χ3v) is 3.03. The fourth-order valence-corrected chi connectivity index (χ4v) is 1.80. The highest BCUT2D eigenvalue weighted by Gasteiger charge is 2.14. The van der Waals surface area contributed by atoms with E-state index in [4.69, 9.17) is 11.6 Å². The molecule has 0 radical (unpaired) electrons. The average Bonchev–Trinajstić information content (AvgIpc) is 2.46. The van der Waals surface area contributed by atoms with Gasteiger partial charge in [-0.05, 0) is 24.3 Å². The van der Waals surface area contributed by atoms with Crippen LogP contribution >= 0.6 is 11.6 Å². The molecule has 0 aliphatic carbocycles. The first-order valence-electron chi connectivity index (χ1n) is 6.74. The Morgan fingerprint density at radius 1 is 1.05 bits per heavy atom. The Morgan fingerprint density at radius 3 is 2.23 bits per heavy atom. The van der Waals surface area contributed by atoms with E-state index in [1.165, 1.54) is 7.05 Å². The standard InChI is InChI=1S/C14H19ClN4O3/c1-16-12(20)7-17-13(21)8-19(2)9-14(22)18-11-5-3-10(15)4-6-11/h3-6H,7-9H2,1-2H3,(H,16,20)(H,17,21)(H,18,22)/p+1. The number of carbonyl (C=O) groups excluding carboxylic acids is 3. The lowest BCUT2D eigenvalue weighted by atomic mass is 10.3. The zero-order valence-electron chi connectivity index (χ0n) is 12.5. The molecule has 1 aromatic rings. The molecule has 4 N–H and O–H groups in total. The van der Waals surface area contributed by atoms with Crippen LogP contribution in [0.25, 0.3) is 0 Å². The van der Waals surface area contributed by atoms with Crippen molar-refractivity contribution < 1.29 is 19.3 Å². The van der Waals surface area contributed by atoms with Crippen LogP contribution in [0.4, 0.5) is 5.69 Å². The van der Waals surface area contributed by atoms with Gasteiger partial charge in [0.25, 0.3) is 11.8 Å². The molecule has 22 heavy (non-hydrogen) atoms. The van der Waals surface area contributed by atoms with Crippen molar-refractivity contribution in [3.05, 3.63) is 29.3 Å². The molecular formula is C14H20ClN4O3+. The fraction of sp³-hybridized carbons (Fsp3) is 0.357. The molecule has 0 saturated heterocycles. The van der Waals surface area contributed by atoms with Gasteiger partial charge in [0.1, 0.15) is 0 Å². The summed E-state index contributed by atoms with van der Waals surface area (Å²) in [7, 11) is 3.22. The van der Waals surface area contributed by atoms with E-state index in [-0.39, 0.29) is 37.4 Å². The second kappa shape index (κ2) is 9.01. The molecule has 0 aliphatic heterocycles. The van der Waals surface area contributed by atoms with Gasteiger partial charge in [-0.2, -0.15) is 0 Å². The summed E-state index contributed by atoms with van der Waals surface area (Å²) in [6.45, 7) is 0.167. The summed E-state index contributed by atoms with van der Waals surface area (Å²) in [5.41, 5.74) is 0.645. The van der Waals surface area contributed by atoms with Crippen LogP contribution in [-0.4, -0.2) is 51.5 Å². The number of anilines is 1. The van der Waals surface area contributed by atoms with Gasteiger partial charge in [0.15, 0.2) is 13.1 Å². The monoisotopic (exact) mass is 327 g/mol. The van der Waals surface area contributed by atoms with Gasteiger partial charge in [-0.25, -0.2) is 0 Å². The fourth-order valence-electron chi connectivity index (χ4n) is 1.68. The predicted molar refractivity (Wildman–Crippen MR) is 83.8 cm³/mol. The highest BCUT2D eigenvalue weighted by atomic mass is 35.5. The van der Waals surface area contributed by atoms with Crippen molar-refractivity contribution in [3.8, 4) is 0 Å². The predicted octanol–water partition coefficient (Wildman–Crippen LogP) is -1.34. The molecule has 8 heteroatoms. The molecule has 1 rings (SSSR count). The van der Waals surface area contributed by atoms with E-state index in [9.17, 15) is 14.4 Å². The topological polar surface area (TPSA) is 91.7 Å². The molecule has 0 saturated carbocycles. The lowest BCUT2D eigenvalue weighted by molar-refractivity contribution is -0.862. The third kappa shape index (κ3) is 7.05. The van der Waals surface area contributed by atoms with Crippen LogP contribution in [0.15, 0.2) is 24.3 Å². The first-order valence-corrected chi connectivity index (χ1v) is 7.12. The number of rotatable bonds is 7. The summed E-state index contributed by atoms with van der Waals surface area (Å²) >= 11 is 5.76. The molecule has 0 spiro atoms. The van der Waals surface area contributed by atoms with Crippen LogP contribution in [0.3, 0.4) is 0 Å². The van der Waals surface area contributed by atoms with Gasteiger partial charge in [0, 0.05) is 17.8 Å². The van der Waals surface area contributed by atoms with Crippen molar-refractivity contribution in [2.75, 3.05) is 39.0 Å². The molecule has 1 aromatic carbocycles. The molecule has 7 nitrogen and oxygen atoms in total. The molecule has 0 aliphatic rings. The summed E-state index contributed by atoms with van der Waals surface area (Å²) in [5, 5.41) is 8.19. The SMILES string of the molecule is CNC(=O)CNC(=O)C[NH+](C)CC(=O)Nc1ccc(Cl)cc1. The molecule has 1 atom stereocenters. The number of halogens is 1. The van der Waals surface area contributed by atoms with Crippen LogP contribution in [0.1, 0.15) is 0 Å². The number of hydrogen-bond donors (Lipinski definition) is 4. The van der Waals surface area contributed by atoms with Gasteiger partial charge >= 0.3 is 0 Å². The van der Waals surface area contributed by atoms with Crippen molar-refractivity contribution in [3.63, 3.8) is 0 Å². The Bertz CT molecular complexity index is 533. The molecule has 0 fully saturated rings. The summed E-state index contributed by atoms with van der Waals surface area (Å²) in [5.74, 6) is -0.772. The molecule has 0 bridgehead atoms. The zero-order valence-corrected chi connectivity index (χ0v) is 13.3. The first kappa shape index (κ1) is 17.9. The maximum Gasteiger partial charge on any atom is 0.279 e. The van der Waals surface area contributed by atoms with Gasteiger partial charge in [0.05, 0.1) is 13.6 Å². The van der Waals surface area contributed by atoms with Crippen molar-refractivity contribution in [2.45, 2.75) is 0 Å². The highest BCUT2D eigenvalue weighted by molar-refractivity contribution is 6.30. The minimum Gasteiger partial charge on any atom is -0.358 e. The second-order valence-corrected chi connectivity index (χ2v) is 5.25. The molecule has 0 aromatic heterocycles. The number of nitrogens with one attached hydrogen (secondary N) is 4. The normalized spacial score (nSPS) is 11.4. The smallest absolute Gasteiger partial charge is 0.279 e.